The SMILES string of the molecule is CC(C)(C)c1ccc2c(c1)c1ccccc1n2-c1cc(C#N)cc(-n2c3ccccc3c3cc(C(C)(C)C)ccc32)c1-c1c(F)cccc1F. The molecule has 0 bridgehead atoms. The third-order valence-electron chi connectivity index (χ3n) is 10.00. The van der Waals surface area contributed by atoms with Crippen LogP contribution in [-0.2, 0) is 10.8 Å². The van der Waals surface area contributed by atoms with E-state index in [-0.39, 0.29) is 16.4 Å². The Morgan fingerprint density at radius 1 is 0.480 bits per heavy atom. The Labute approximate surface area is 290 Å². The highest BCUT2D eigenvalue weighted by Crippen LogP contribution is 2.45. The van der Waals surface area contributed by atoms with Crippen LogP contribution in [0.15, 0.2) is 115 Å². The monoisotopic (exact) mass is 657 g/mol. The highest BCUT2D eigenvalue weighted by Gasteiger charge is 2.27. The van der Waals surface area contributed by atoms with E-state index in [4.69, 9.17) is 0 Å². The number of para-hydroxylation sites is 2. The smallest absolute Gasteiger partial charge is 0.134 e. The number of hydrogen-bond donors (Lipinski definition) is 0. The number of rotatable bonds is 3. The number of halogens is 2. The number of aromatic nitrogens is 2. The summed E-state index contributed by atoms with van der Waals surface area (Å²) >= 11 is 0. The zero-order valence-corrected chi connectivity index (χ0v) is 29.1. The number of fused-ring (bicyclic) bond motifs is 6. The first-order valence-corrected chi connectivity index (χ1v) is 17.0. The molecular formula is C45H37F2N3. The van der Waals surface area contributed by atoms with Gasteiger partial charge in [0.1, 0.15) is 11.6 Å². The van der Waals surface area contributed by atoms with Crippen LogP contribution < -0.4 is 0 Å². The Hall–Kier alpha value is -5.73. The molecule has 0 aliphatic rings. The van der Waals surface area contributed by atoms with Crippen LogP contribution in [0.3, 0.4) is 0 Å². The molecule has 0 fully saturated rings. The fourth-order valence-corrected chi connectivity index (χ4v) is 7.42. The molecule has 0 aliphatic carbocycles. The van der Waals surface area contributed by atoms with Crippen molar-refractivity contribution in [2.45, 2.75) is 52.4 Å². The first kappa shape index (κ1) is 31.5. The van der Waals surface area contributed by atoms with Gasteiger partial charge in [-0.3, -0.25) is 0 Å². The summed E-state index contributed by atoms with van der Waals surface area (Å²) < 4.78 is 36.7. The molecule has 2 heterocycles. The number of benzene rings is 6. The summed E-state index contributed by atoms with van der Waals surface area (Å²) in [6.45, 7) is 13.1. The number of nitriles is 1. The maximum Gasteiger partial charge on any atom is 0.134 e. The van der Waals surface area contributed by atoms with Gasteiger partial charge in [-0.05, 0) is 82.6 Å². The molecule has 50 heavy (non-hydrogen) atoms. The average Bonchev–Trinajstić information content (AvgIpc) is 3.59. The van der Waals surface area contributed by atoms with Gasteiger partial charge in [0.05, 0.1) is 50.6 Å². The van der Waals surface area contributed by atoms with E-state index in [0.717, 1.165) is 43.6 Å². The van der Waals surface area contributed by atoms with Gasteiger partial charge in [0.15, 0.2) is 0 Å². The molecule has 2 aromatic heterocycles. The quantitative estimate of drug-likeness (QED) is 0.186. The van der Waals surface area contributed by atoms with Gasteiger partial charge < -0.3 is 9.13 Å². The zero-order valence-electron chi connectivity index (χ0n) is 29.1. The van der Waals surface area contributed by atoms with Gasteiger partial charge in [0.2, 0.25) is 0 Å². The lowest BCUT2D eigenvalue weighted by Crippen LogP contribution is -2.11. The Kier molecular flexibility index (Phi) is 7.03. The van der Waals surface area contributed by atoms with Crippen molar-refractivity contribution in [2.24, 2.45) is 0 Å². The third kappa shape index (κ3) is 4.82. The molecule has 0 saturated carbocycles. The predicted octanol–water partition coefficient (Wildman–Crippen LogP) is 12.3. The largest absolute Gasteiger partial charge is 0.308 e. The molecule has 8 aromatic rings. The van der Waals surface area contributed by atoms with Crippen LogP contribution in [0.5, 0.6) is 0 Å². The molecule has 246 valence electrons. The Morgan fingerprint density at radius 3 is 1.32 bits per heavy atom. The number of nitrogens with zero attached hydrogens (tertiary/aromatic N) is 3. The summed E-state index contributed by atoms with van der Waals surface area (Å²) in [4.78, 5) is 0. The minimum Gasteiger partial charge on any atom is -0.308 e. The Balaban J connectivity index is 1.59. The van der Waals surface area contributed by atoms with Crippen molar-refractivity contribution < 1.29 is 8.78 Å². The van der Waals surface area contributed by atoms with Crippen LogP contribution in [0, 0.1) is 23.0 Å². The van der Waals surface area contributed by atoms with E-state index in [1.807, 2.05) is 36.4 Å². The molecule has 0 N–H and O–H groups in total. The van der Waals surface area contributed by atoms with Crippen molar-refractivity contribution >= 4 is 43.6 Å². The van der Waals surface area contributed by atoms with Crippen molar-refractivity contribution in [3.05, 3.63) is 144 Å². The second kappa shape index (κ2) is 11.1. The van der Waals surface area contributed by atoms with E-state index < -0.39 is 11.6 Å². The predicted molar refractivity (Wildman–Crippen MR) is 203 cm³/mol. The lowest BCUT2D eigenvalue weighted by atomic mass is 9.86. The second-order valence-corrected chi connectivity index (χ2v) is 15.3. The standard InChI is InChI=1S/C45H37F2N3/c1-44(2,3)28-18-20-38-32(24-28)30-12-7-9-16-36(30)49(38)40-22-27(26-48)23-41(43(40)42-34(46)14-11-15-35(42)47)50-37-17-10-8-13-31(37)33-25-29(45(4,5)6)19-21-39(33)50/h7-25H,1-6H3. The molecule has 0 spiro atoms. The van der Waals surface area contributed by atoms with Crippen molar-refractivity contribution in [1.29, 1.82) is 5.26 Å². The van der Waals surface area contributed by atoms with Crippen molar-refractivity contribution in [3.8, 4) is 28.6 Å². The van der Waals surface area contributed by atoms with Gasteiger partial charge >= 0.3 is 0 Å². The van der Waals surface area contributed by atoms with Crippen molar-refractivity contribution in [1.82, 2.24) is 9.13 Å². The van der Waals surface area contributed by atoms with E-state index in [1.165, 1.54) is 29.3 Å². The second-order valence-electron chi connectivity index (χ2n) is 15.3. The molecule has 0 atom stereocenters. The molecule has 0 radical (unpaired) electrons. The van der Waals surface area contributed by atoms with Crippen LogP contribution in [0.4, 0.5) is 8.78 Å². The summed E-state index contributed by atoms with van der Waals surface area (Å²) in [7, 11) is 0. The lowest BCUT2D eigenvalue weighted by Gasteiger charge is -2.22. The molecule has 0 unspecified atom stereocenters. The molecular weight excluding hydrogens is 621 g/mol. The maximum atomic E-state index is 16.3. The number of hydrogen-bond acceptors (Lipinski definition) is 1. The van der Waals surface area contributed by atoms with E-state index >= 15 is 8.78 Å². The van der Waals surface area contributed by atoms with Crippen LogP contribution in [0.2, 0.25) is 0 Å². The Bertz CT molecular complexity index is 2530. The highest BCUT2D eigenvalue weighted by atomic mass is 19.1. The summed E-state index contributed by atoms with van der Waals surface area (Å²) in [5.74, 6) is -1.35. The van der Waals surface area contributed by atoms with Gasteiger partial charge in [-0.15, -0.1) is 0 Å². The summed E-state index contributed by atoms with van der Waals surface area (Å²) in [6.07, 6.45) is 0. The van der Waals surface area contributed by atoms with Crippen LogP contribution >= 0.6 is 0 Å². The zero-order chi connectivity index (χ0) is 35.1. The lowest BCUT2D eigenvalue weighted by molar-refractivity contribution is 0.589. The molecule has 8 rings (SSSR count). The molecule has 5 heteroatoms. The van der Waals surface area contributed by atoms with Gasteiger partial charge in [-0.25, -0.2) is 8.78 Å². The van der Waals surface area contributed by atoms with Gasteiger partial charge in [-0.2, -0.15) is 5.26 Å². The minimum atomic E-state index is -0.677. The average molecular weight is 658 g/mol. The van der Waals surface area contributed by atoms with Gasteiger partial charge in [0.25, 0.3) is 0 Å². The minimum absolute atomic E-state index is 0.0872. The van der Waals surface area contributed by atoms with Crippen LogP contribution in [0.25, 0.3) is 66.1 Å². The molecule has 0 amide bonds. The van der Waals surface area contributed by atoms with Crippen LogP contribution in [0.1, 0.15) is 58.2 Å². The summed E-state index contributed by atoms with van der Waals surface area (Å²) in [6, 6.07) is 38.9. The first-order valence-electron chi connectivity index (χ1n) is 17.0. The fourth-order valence-electron chi connectivity index (χ4n) is 7.42. The first-order chi connectivity index (χ1) is 23.9. The van der Waals surface area contributed by atoms with Crippen molar-refractivity contribution in [2.75, 3.05) is 0 Å². The summed E-state index contributed by atoms with van der Waals surface area (Å²) in [5.41, 5.74) is 7.36. The van der Waals surface area contributed by atoms with Gasteiger partial charge in [0, 0.05) is 27.1 Å². The molecule has 0 saturated heterocycles. The Morgan fingerprint density at radius 2 is 0.900 bits per heavy atom. The molecule has 6 aromatic carbocycles. The van der Waals surface area contributed by atoms with E-state index in [1.54, 1.807) is 12.1 Å². The maximum absolute atomic E-state index is 16.3. The topological polar surface area (TPSA) is 33.6 Å². The van der Waals surface area contributed by atoms with E-state index in [9.17, 15) is 5.26 Å². The summed E-state index contributed by atoms with van der Waals surface area (Å²) in [5, 5.41) is 14.6. The molecule has 0 aliphatic heterocycles. The molecule has 3 nitrogen and oxygen atoms in total. The van der Waals surface area contributed by atoms with Crippen LogP contribution in [-0.4, -0.2) is 9.13 Å². The van der Waals surface area contributed by atoms with Gasteiger partial charge in [-0.1, -0.05) is 96.1 Å². The van der Waals surface area contributed by atoms with E-state index in [2.05, 4.69) is 105 Å². The third-order valence-corrected chi connectivity index (χ3v) is 10.00. The van der Waals surface area contributed by atoms with Crippen molar-refractivity contribution in [3.63, 3.8) is 0 Å². The normalized spacial score (nSPS) is 12.4. The highest BCUT2D eigenvalue weighted by molar-refractivity contribution is 6.12. The fraction of sp³-hybridized carbons (Fsp3) is 0.178. The van der Waals surface area contributed by atoms with E-state index in [0.29, 0.717) is 22.5 Å².